The molecule has 0 aromatic heterocycles. The fraction of sp³-hybridized carbons (Fsp3) is 0.867. The summed E-state index contributed by atoms with van der Waals surface area (Å²) >= 11 is 0. The molecule has 1 rings (SSSR count). The molecule has 0 bridgehead atoms. The average molecular weight is 269 g/mol. The first-order chi connectivity index (χ1) is 8.69. The molecule has 1 saturated carbocycles. The van der Waals surface area contributed by atoms with Crippen LogP contribution in [0.2, 0.25) is 0 Å². The van der Waals surface area contributed by atoms with Crippen LogP contribution in [0.4, 0.5) is 0 Å². The molecule has 0 aromatic rings. The van der Waals surface area contributed by atoms with Crippen molar-refractivity contribution in [3.8, 4) is 0 Å². The van der Waals surface area contributed by atoms with Crippen LogP contribution in [0, 0.1) is 11.3 Å². The molecule has 4 heteroatoms. The van der Waals surface area contributed by atoms with Crippen LogP contribution in [-0.2, 0) is 14.3 Å². The largest absolute Gasteiger partial charge is 0.462 e. The van der Waals surface area contributed by atoms with Crippen molar-refractivity contribution in [1.29, 1.82) is 0 Å². The van der Waals surface area contributed by atoms with E-state index in [1.807, 2.05) is 0 Å². The van der Waals surface area contributed by atoms with Gasteiger partial charge in [-0.15, -0.1) is 0 Å². The number of rotatable bonds is 4. The van der Waals surface area contributed by atoms with Crippen molar-refractivity contribution in [1.82, 2.24) is 4.90 Å². The van der Waals surface area contributed by atoms with E-state index in [9.17, 15) is 9.59 Å². The molecule has 0 saturated heterocycles. The summed E-state index contributed by atoms with van der Waals surface area (Å²) < 4.78 is 5.52. The Kier molecular flexibility index (Phi) is 5.39. The SMILES string of the molecule is C[C@H]1C[C@@H](OC(=O)CCC(=O)N(C)C)CC(C)(C)C1. The highest BCUT2D eigenvalue weighted by Crippen LogP contribution is 2.39. The normalized spacial score (nSPS) is 25.7. The van der Waals surface area contributed by atoms with E-state index in [0.29, 0.717) is 5.92 Å². The first kappa shape index (κ1) is 16.0. The summed E-state index contributed by atoms with van der Waals surface area (Å²) in [5.74, 6) is 0.310. The molecule has 0 heterocycles. The van der Waals surface area contributed by atoms with Crippen LogP contribution in [0.15, 0.2) is 0 Å². The summed E-state index contributed by atoms with van der Waals surface area (Å²) in [6.45, 7) is 6.65. The van der Waals surface area contributed by atoms with E-state index in [-0.39, 0.29) is 36.2 Å². The molecule has 0 N–H and O–H groups in total. The van der Waals surface area contributed by atoms with Gasteiger partial charge in [-0.25, -0.2) is 0 Å². The molecule has 0 aliphatic heterocycles. The summed E-state index contributed by atoms with van der Waals surface area (Å²) in [5.41, 5.74) is 0.238. The van der Waals surface area contributed by atoms with Crippen LogP contribution < -0.4 is 0 Å². The highest BCUT2D eigenvalue weighted by Gasteiger charge is 2.33. The Balaban J connectivity index is 2.38. The Morgan fingerprint density at radius 1 is 1.21 bits per heavy atom. The van der Waals surface area contributed by atoms with Gasteiger partial charge < -0.3 is 9.64 Å². The zero-order valence-corrected chi connectivity index (χ0v) is 12.9. The van der Waals surface area contributed by atoms with Crippen molar-refractivity contribution in [2.75, 3.05) is 14.1 Å². The topological polar surface area (TPSA) is 46.6 Å². The molecule has 2 atom stereocenters. The molecule has 0 radical (unpaired) electrons. The molecular weight excluding hydrogens is 242 g/mol. The van der Waals surface area contributed by atoms with E-state index < -0.39 is 0 Å². The quantitative estimate of drug-likeness (QED) is 0.737. The van der Waals surface area contributed by atoms with Gasteiger partial charge in [0.05, 0.1) is 6.42 Å². The second kappa shape index (κ2) is 6.40. The van der Waals surface area contributed by atoms with Gasteiger partial charge in [0.1, 0.15) is 6.10 Å². The molecule has 1 fully saturated rings. The average Bonchev–Trinajstić information content (AvgIpc) is 2.22. The molecule has 1 aliphatic carbocycles. The number of esters is 1. The van der Waals surface area contributed by atoms with E-state index >= 15 is 0 Å². The first-order valence-electron chi connectivity index (χ1n) is 7.09. The maximum atomic E-state index is 11.8. The summed E-state index contributed by atoms with van der Waals surface area (Å²) in [4.78, 5) is 24.7. The van der Waals surface area contributed by atoms with Crippen LogP contribution in [0.1, 0.15) is 52.9 Å². The van der Waals surface area contributed by atoms with E-state index in [0.717, 1.165) is 12.8 Å². The van der Waals surface area contributed by atoms with Gasteiger partial charge in [0, 0.05) is 20.5 Å². The molecule has 0 spiro atoms. The van der Waals surface area contributed by atoms with Crippen molar-refractivity contribution >= 4 is 11.9 Å². The fourth-order valence-corrected chi connectivity index (χ4v) is 3.03. The third-order valence-corrected chi connectivity index (χ3v) is 3.69. The Morgan fingerprint density at radius 3 is 2.37 bits per heavy atom. The molecule has 4 nitrogen and oxygen atoms in total. The molecule has 0 unspecified atom stereocenters. The first-order valence-corrected chi connectivity index (χ1v) is 7.09. The van der Waals surface area contributed by atoms with Crippen LogP contribution in [-0.4, -0.2) is 37.0 Å². The number of carbonyl (C=O) groups is 2. The second-order valence-corrected chi connectivity index (χ2v) is 6.81. The van der Waals surface area contributed by atoms with Crippen molar-refractivity contribution in [3.63, 3.8) is 0 Å². The summed E-state index contributed by atoms with van der Waals surface area (Å²) in [6.07, 6.45) is 3.47. The predicted octanol–water partition coefficient (Wildman–Crippen LogP) is 2.61. The number of hydrogen-bond donors (Lipinski definition) is 0. The third-order valence-electron chi connectivity index (χ3n) is 3.69. The second-order valence-electron chi connectivity index (χ2n) is 6.81. The predicted molar refractivity (Wildman–Crippen MR) is 74.6 cm³/mol. The monoisotopic (exact) mass is 269 g/mol. The lowest BCUT2D eigenvalue weighted by Crippen LogP contribution is -2.34. The molecule has 19 heavy (non-hydrogen) atoms. The van der Waals surface area contributed by atoms with Gasteiger partial charge in [-0.1, -0.05) is 20.8 Å². The number of amides is 1. The van der Waals surface area contributed by atoms with Gasteiger partial charge in [0.15, 0.2) is 0 Å². The van der Waals surface area contributed by atoms with E-state index in [4.69, 9.17) is 4.74 Å². The lowest BCUT2D eigenvalue weighted by Gasteiger charge is -2.38. The number of hydrogen-bond acceptors (Lipinski definition) is 3. The van der Waals surface area contributed by atoms with Crippen molar-refractivity contribution in [2.45, 2.75) is 59.0 Å². The van der Waals surface area contributed by atoms with Gasteiger partial charge in [0.25, 0.3) is 0 Å². The lowest BCUT2D eigenvalue weighted by atomic mass is 9.71. The van der Waals surface area contributed by atoms with Crippen LogP contribution in [0.5, 0.6) is 0 Å². The Bertz CT molecular complexity index is 336. The molecular formula is C15H27NO3. The van der Waals surface area contributed by atoms with E-state index in [2.05, 4.69) is 20.8 Å². The number of carbonyl (C=O) groups excluding carboxylic acids is 2. The smallest absolute Gasteiger partial charge is 0.306 e. The van der Waals surface area contributed by atoms with Gasteiger partial charge in [-0.05, 0) is 30.6 Å². The zero-order valence-electron chi connectivity index (χ0n) is 12.9. The number of nitrogens with zero attached hydrogens (tertiary/aromatic N) is 1. The molecule has 1 amide bonds. The van der Waals surface area contributed by atoms with Crippen LogP contribution in [0.3, 0.4) is 0 Å². The molecule has 0 aromatic carbocycles. The minimum absolute atomic E-state index is 0.0145. The van der Waals surface area contributed by atoms with Gasteiger partial charge in [-0.3, -0.25) is 9.59 Å². The Labute approximate surface area is 116 Å². The minimum atomic E-state index is -0.245. The van der Waals surface area contributed by atoms with E-state index in [1.165, 1.54) is 11.3 Å². The highest BCUT2D eigenvalue weighted by atomic mass is 16.5. The van der Waals surface area contributed by atoms with E-state index in [1.54, 1.807) is 14.1 Å². The fourth-order valence-electron chi connectivity index (χ4n) is 3.03. The summed E-state index contributed by atoms with van der Waals surface area (Å²) in [5, 5.41) is 0. The van der Waals surface area contributed by atoms with Crippen molar-refractivity contribution in [3.05, 3.63) is 0 Å². The summed E-state index contributed by atoms with van der Waals surface area (Å²) in [6, 6.07) is 0. The summed E-state index contributed by atoms with van der Waals surface area (Å²) in [7, 11) is 3.39. The number of ether oxygens (including phenoxy) is 1. The minimum Gasteiger partial charge on any atom is -0.462 e. The van der Waals surface area contributed by atoms with Gasteiger partial charge >= 0.3 is 5.97 Å². The zero-order chi connectivity index (χ0) is 14.6. The van der Waals surface area contributed by atoms with Gasteiger partial charge in [-0.2, -0.15) is 0 Å². The van der Waals surface area contributed by atoms with Crippen molar-refractivity contribution in [2.24, 2.45) is 11.3 Å². The third kappa shape index (κ3) is 5.62. The molecule has 1 aliphatic rings. The lowest BCUT2D eigenvalue weighted by molar-refractivity contribution is -0.154. The maximum absolute atomic E-state index is 11.8. The van der Waals surface area contributed by atoms with Gasteiger partial charge in [0.2, 0.25) is 5.91 Å². The standard InChI is InChI=1S/C15H27NO3/c1-11-8-12(10-15(2,3)9-11)19-14(18)7-6-13(17)16(4)5/h11-12H,6-10H2,1-5H3/t11-,12+/m0/s1. The highest BCUT2D eigenvalue weighted by molar-refractivity contribution is 5.81. The molecule has 110 valence electrons. The van der Waals surface area contributed by atoms with Crippen LogP contribution in [0.25, 0.3) is 0 Å². The Morgan fingerprint density at radius 2 is 1.84 bits per heavy atom. The maximum Gasteiger partial charge on any atom is 0.306 e. The Hall–Kier alpha value is -1.06. The van der Waals surface area contributed by atoms with Crippen LogP contribution >= 0.6 is 0 Å². The van der Waals surface area contributed by atoms with Crippen molar-refractivity contribution < 1.29 is 14.3 Å².